The lowest BCUT2D eigenvalue weighted by molar-refractivity contribution is -0.148. The first-order chi connectivity index (χ1) is 22.4. The Morgan fingerprint density at radius 2 is 1.27 bits per heavy atom. The van der Waals surface area contributed by atoms with E-state index in [4.69, 9.17) is 9.47 Å². The Hall–Kier alpha value is -3.24. The Labute approximate surface area is 289 Å². The molecule has 0 radical (unpaired) electrons. The molecule has 0 aromatic carbocycles. The molecule has 2 unspecified atom stereocenters. The van der Waals surface area contributed by atoms with Crippen molar-refractivity contribution in [3.63, 3.8) is 0 Å². The summed E-state index contributed by atoms with van der Waals surface area (Å²) in [5, 5.41) is 0. The molecule has 2 saturated heterocycles. The smallest absolute Gasteiger partial charge is 0.329 e. The second-order valence-electron chi connectivity index (χ2n) is 13.4. The second kappa shape index (κ2) is 23.2. The summed E-state index contributed by atoms with van der Waals surface area (Å²) in [4.78, 5) is 53.8. The van der Waals surface area contributed by atoms with Crippen LogP contribution in [0, 0.1) is 17.8 Å². The molecule has 272 valence electrons. The van der Waals surface area contributed by atoms with Crippen molar-refractivity contribution in [2.75, 3.05) is 52.5 Å². The van der Waals surface area contributed by atoms with Gasteiger partial charge in [-0.1, -0.05) is 54.2 Å². The Kier molecular flexibility index (Phi) is 20.7. The highest BCUT2D eigenvalue weighted by Crippen LogP contribution is 2.19. The normalized spacial score (nSPS) is 15.4. The summed E-state index contributed by atoms with van der Waals surface area (Å²) in [6.07, 6.45) is 9.72. The van der Waals surface area contributed by atoms with Crippen molar-refractivity contribution in [3.8, 4) is 0 Å². The maximum atomic E-state index is 12.3. The zero-order chi connectivity index (χ0) is 34.8. The summed E-state index contributed by atoms with van der Waals surface area (Å²) in [5.41, 5.74) is 2.14. The van der Waals surface area contributed by atoms with Gasteiger partial charge in [0, 0.05) is 37.6 Å². The van der Waals surface area contributed by atoms with Gasteiger partial charge in [0.1, 0.15) is 6.04 Å². The maximum absolute atomic E-state index is 12.3. The predicted molar refractivity (Wildman–Crippen MR) is 194 cm³/mol. The molecule has 0 amide bonds. The lowest BCUT2D eigenvalue weighted by Crippen LogP contribution is -2.38. The molecule has 2 fully saturated rings. The van der Waals surface area contributed by atoms with E-state index < -0.39 is 6.04 Å². The fraction of sp³-hybridized carbons (Fsp3) is 0.684. The fourth-order valence-electron chi connectivity index (χ4n) is 5.42. The van der Waals surface area contributed by atoms with Crippen LogP contribution in [0.15, 0.2) is 46.2 Å². The van der Waals surface area contributed by atoms with E-state index in [1.165, 1.54) is 44.6 Å². The maximum Gasteiger partial charge on any atom is 0.329 e. The standard InChI is InChI=1S/C18H28N2O3.C10H14N2O.C9H18O2.CH4/c1-4-23-18(22)16(12-14(2)3)20-13-15(6-7-17(20)21)8-11-19-9-5-10-19;13-10-3-2-9(8-11-10)4-7-12-5-1-6-12;1-5-11-9(10)8(4)6-7(2)3;/h6-7,13-14,16H,4-5,8-12H2,1-3H3;2-3,8H,1,4-7H2,(H,11,13);7-8H,5-6H2,1-4H3;1H4. The van der Waals surface area contributed by atoms with Crippen molar-refractivity contribution >= 4 is 11.9 Å². The molecule has 0 bridgehead atoms. The van der Waals surface area contributed by atoms with Crippen LogP contribution in [0.1, 0.15) is 98.7 Å². The van der Waals surface area contributed by atoms with Crippen molar-refractivity contribution in [2.24, 2.45) is 17.8 Å². The van der Waals surface area contributed by atoms with Gasteiger partial charge >= 0.3 is 11.9 Å². The topological polar surface area (TPSA) is 114 Å². The van der Waals surface area contributed by atoms with Gasteiger partial charge in [-0.3, -0.25) is 14.4 Å². The van der Waals surface area contributed by atoms with Crippen molar-refractivity contribution in [1.82, 2.24) is 19.4 Å². The number of ether oxygens (including phenoxy) is 2. The van der Waals surface area contributed by atoms with Crippen LogP contribution < -0.4 is 11.1 Å². The van der Waals surface area contributed by atoms with Crippen molar-refractivity contribution in [2.45, 2.75) is 100 Å². The summed E-state index contributed by atoms with van der Waals surface area (Å²) >= 11 is 0. The fourth-order valence-corrected chi connectivity index (χ4v) is 5.42. The van der Waals surface area contributed by atoms with Crippen molar-refractivity contribution in [3.05, 3.63) is 68.5 Å². The van der Waals surface area contributed by atoms with Gasteiger partial charge in [0.25, 0.3) is 5.56 Å². The van der Waals surface area contributed by atoms with Gasteiger partial charge in [-0.2, -0.15) is 0 Å². The lowest BCUT2D eigenvalue weighted by Gasteiger charge is -2.30. The SMILES string of the molecule is C.CCOC(=O)C(C)CC(C)C.CCOC(=O)C(CC(C)C)n1cc(CCN2CCC2)ccc1=O.O=c1ccc(CCN2CCC2)c[nH]1. The van der Waals surface area contributed by atoms with Crippen LogP contribution in [-0.2, 0) is 31.9 Å². The van der Waals surface area contributed by atoms with Crippen LogP contribution in [0.4, 0.5) is 0 Å². The molecule has 2 aliphatic heterocycles. The Balaban J connectivity index is 0.000000391. The summed E-state index contributed by atoms with van der Waals surface area (Å²) < 4.78 is 11.6. The third-order valence-corrected chi connectivity index (χ3v) is 8.28. The molecule has 10 nitrogen and oxygen atoms in total. The monoisotopic (exact) mass is 672 g/mol. The molecule has 2 atom stereocenters. The number of pyridine rings is 2. The Morgan fingerprint density at radius 3 is 1.73 bits per heavy atom. The number of esters is 2. The number of aromatic nitrogens is 2. The zero-order valence-electron chi connectivity index (χ0n) is 30.0. The largest absolute Gasteiger partial charge is 0.466 e. The van der Waals surface area contributed by atoms with Crippen LogP contribution in [0.2, 0.25) is 0 Å². The molecule has 10 heteroatoms. The third-order valence-electron chi connectivity index (χ3n) is 8.28. The molecular weight excluding hydrogens is 608 g/mol. The minimum atomic E-state index is -0.536. The van der Waals surface area contributed by atoms with Gasteiger partial charge in [0.2, 0.25) is 5.56 Å². The van der Waals surface area contributed by atoms with Crippen LogP contribution in [0.5, 0.6) is 0 Å². The highest BCUT2D eigenvalue weighted by Gasteiger charge is 2.24. The number of rotatable bonds is 15. The van der Waals surface area contributed by atoms with Crippen LogP contribution in [0.25, 0.3) is 0 Å². The molecule has 4 rings (SSSR count). The van der Waals surface area contributed by atoms with Gasteiger partial charge < -0.3 is 28.8 Å². The van der Waals surface area contributed by atoms with E-state index in [0.717, 1.165) is 37.9 Å². The number of hydrogen-bond acceptors (Lipinski definition) is 8. The molecular formula is C38H64N4O6. The van der Waals surface area contributed by atoms with E-state index in [0.29, 0.717) is 31.5 Å². The molecule has 2 aliphatic rings. The van der Waals surface area contributed by atoms with Crippen molar-refractivity contribution in [1.29, 1.82) is 0 Å². The second-order valence-corrected chi connectivity index (χ2v) is 13.4. The number of H-pyrrole nitrogens is 1. The number of nitrogens with one attached hydrogen (secondary N) is 1. The van der Waals surface area contributed by atoms with E-state index in [9.17, 15) is 19.2 Å². The van der Waals surface area contributed by atoms with Gasteiger partial charge in [0.15, 0.2) is 0 Å². The Bertz CT molecular complexity index is 1290. The molecule has 2 aromatic rings. The number of carbonyl (C=O) groups is 2. The number of aromatic amines is 1. The first-order valence-electron chi connectivity index (χ1n) is 17.6. The third kappa shape index (κ3) is 16.2. The molecule has 0 aliphatic carbocycles. The summed E-state index contributed by atoms with van der Waals surface area (Å²) in [6, 6.07) is 6.39. The molecule has 4 heterocycles. The highest BCUT2D eigenvalue weighted by molar-refractivity contribution is 5.74. The molecule has 0 spiro atoms. The minimum absolute atomic E-state index is 0. The average molecular weight is 673 g/mol. The average Bonchev–Trinajstić information content (AvgIpc) is 2.97. The number of carbonyl (C=O) groups excluding carboxylic acids is 2. The molecule has 0 saturated carbocycles. The quantitative estimate of drug-likeness (QED) is 0.239. The minimum Gasteiger partial charge on any atom is -0.466 e. The first-order valence-corrected chi connectivity index (χ1v) is 17.6. The predicted octanol–water partition coefficient (Wildman–Crippen LogP) is 5.74. The van der Waals surface area contributed by atoms with Crippen LogP contribution in [0.3, 0.4) is 0 Å². The van der Waals surface area contributed by atoms with Crippen LogP contribution >= 0.6 is 0 Å². The zero-order valence-corrected chi connectivity index (χ0v) is 30.0. The van der Waals surface area contributed by atoms with Gasteiger partial charge in [-0.15, -0.1) is 0 Å². The van der Waals surface area contributed by atoms with Crippen LogP contribution in [-0.4, -0.2) is 83.8 Å². The van der Waals surface area contributed by atoms with E-state index in [1.54, 1.807) is 23.6 Å². The van der Waals surface area contributed by atoms with Crippen molar-refractivity contribution < 1.29 is 19.1 Å². The summed E-state index contributed by atoms with van der Waals surface area (Å²) in [6.45, 7) is 21.6. The highest BCUT2D eigenvalue weighted by atomic mass is 16.5. The summed E-state index contributed by atoms with van der Waals surface area (Å²) in [7, 11) is 0. The lowest BCUT2D eigenvalue weighted by atomic mass is 9.99. The summed E-state index contributed by atoms with van der Waals surface area (Å²) in [5.74, 6) is 0.537. The van der Waals surface area contributed by atoms with Gasteiger partial charge in [-0.25, -0.2) is 4.79 Å². The van der Waals surface area contributed by atoms with Gasteiger partial charge in [0.05, 0.1) is 19.1 Å². The molecule has 1 N–H and O–H groups in total. The van der Waals surface area contributed by atoms with E-state index in [1.807, 2.05) is 52.2 Å². The molecule has 2 aromatic heterocycles. The van der Waals surface area contributed by atoms with E-state index in [2.05, 4.69) is 28.6 Å². The Morgan fingerprint density at radius 1 is 0.750 bits per heavy atom. The number of hydrogen-bond donors (Lipinski definition) is 1. The van der Waals surface area contributed by atoms with E-state index >= 15 is 0 Å². The number of nitrogens with zero attached hydrogens (tertiary/aromatic N) is 3. The molecule has 48 heavy (non-hydrogen) atoms. The first kappa shape index (κ1) is 42.8. The number of likely N-dealkylation sites (tertiary alicyclic amines) is 2. The van der Waals surface area contributed by atoms with E-state index in [-0.39, 0.29) is 36.4 Å². The van der Waals surface area contributed by atoms with Gasteiger partial charge in [-0.05, 0) is 102 Å².